The van der Waals surface area contributed by atoms with Crippen molar-refractivity contribution in [3.63, 3.8) is 0 Å². The summed E-state index contributed by atoms with van der Waals surface area (Å²) in [6.45, 7) is 8.31. The quantitative estimate of drug-likeness (QED) is 0.895. The van der Waals surface area contributed by atoms with Crippen LogP contribution in [0.2, 0.25) is 0 Å². The van der Waals surface area contributed by atoms with Gasteiger partial charge in [-0.2, -0.15) is 5.10 Å². The third-order valence-electron chi connectivity index (χ3n) is 5.81. The second-order valence-corrected chi connectivity index (χ2v) is 7.63. The Kier molecular flexibility index (Phi) is 5.25. The lowest BCUT2D eigenvalue weighted by Crippen LogP contribution is -2.49. The maximum Gasteiger partial charge on any atom is 0.227 e. The minimum absolute atomic E-state index is 0.0299. The third kappa shape index (κ3) is 3.49. The van der Waals surface area contributed by atoms with Gasteiger partial charge < -0.3 is 15.1 Å². The Morgan fingerprint density at radius 1 is 1.33 bits per heavy atom. The van der Waals surface area contributed by atoms with Gasteiger partial charge in [0.05, 0.1) is 12.1 Å². The van der Waals surface area contributed by atoms with Crippen LogP contribution in [0.1, 0.15) is 38.2 Å². The number of hydrogen-bond acceptors (Lipinski definition) is 4. The molecule has 0 bridgehead atoms. The number of nitrogens with zero attached hydrogens (tertiary/aromatic N) is 4. The number of aromatic nitrogens is 2. The van der Waals surface area contributed by atoms with Crippen molar-refractivity contribution >= 4 is 5.91 Å². The summed E-state index contributed by atoms with van der Waals surface area (Å²) in [7, 11) is 3.92. The lowest BCUT2D eigenvalue weighted by molar-refractivity contribution is -0.137. The molecule has 6 nitrogen and oxygen atoms in total. The first-order valence-electron chi connectivity index (χ1n) is 9.17. The fourth-order valence-electron chi connectivity index (χ4n) is 4.15. The van der Waals surface area contributed by atoms with Crippen LogP contribution >= 0.6 is 0 Å². The molecule has 134 valence electrons. The molecular formula is C18H31N5O. The number of piperidine rings is 1. The van der Waals surface area contributed by atoms with E-state index in [1.807, 2.05) is 36.1 Å². The van der Waals surface area contributed by atoms with Crippen LogP contribution in [-0.2, 0) is 11.8 Å². The molecule has 1 amide bonds. The molecule has 2 atom stereocenters. The molecule has 2 saturated heterocycles. The van der Waals surface area contributed by atoms with Gasteiger partial charge in [0, 0.05) is 64.5 Å². The Hall–Kier alpha value is -1.40. The van der Waals surface area contributed by atoms with Crippen LogP contribution in [-0.4, -0.2) is 70.8 Å². The highest BCUT2D eigenvalue weighted by Crippen LogP contribution is 2.30. The predicted molar refractivity (Wildman–Crippen MR) is 94.8 cm³/mol. The van der Waals surface area contributed by atoms with Crippen LogP contribution in [0.25, 0.3) is 0 Å². The molecule has 3 rings (SSSR count). The minimum Gasteiger partial charge on any atom is -0.342 e. The molecule has 3 heterocycles. The van der Waals surface area contributed by atoms with Crippen molar-refractivity contribution < 1.29 is 4.79 Å². The number of carbonyl (C=O) groups excluding carboxylic acids is 1. The molecule has 24 heavy (non-hydrogen) atoms. The molecule has 1 N–H and O–H groups in total. The van der Waals surface area contributed by atoms with E-state index in [0.717, 1.165) is 39.0 Å². The van der Waals surface area contributed by atoms with E-state index in [1.165, 1.54) is 5.56 Å². The van der Waals surface area contributed by atoms with Crippen molar-refractivity contribution in [2.24, 2.45) is 13.0 Å². The monoisotopic (exact) mass is 333 g/mol. The molecule has 0 saturated carbocycles. The van der Waals surface area contributed by atoms with Crippen molar-refractivity contribution in [3.8, 4) is 0 Å². The Morgan fingerprint density at radius 3 is 2.62 bits per heavy atom. The molecule has 2 fully saturated rings. The van der Waals surface area contributed by atoms with Crippen LogP contribution in [0, 0.1) is 5.92 Å². The largest absolute Gasteiger partial charge is 0.342 e. The highest BCUT2D eigenvalue weighted by Gasteiger charge is 2.38. The zero-order valence-corrected chi connectivity index (χ0v) is 15.4. The van der Waals surface area contributed by atoms with E-state index in [4.69, 9.17) is 0 Å². The first kappa shape index (κ1) is 17.4. The van der Waals surface area contributed by atoms with E-state index in [9.17, 15) is 4.79 Å². The number of likely N-dealkylation sites (tertiary alicyclic amines) is 1. The van der Waals surface area contributed by atoms with Gasteiger partial charge in [0.2, 0.25) is 5.91 Å². The Morgan fingerprint density at radius 2 is 2.04 bits per heavy atom. The molecule has 0 unspecified atom stereocenters. The van der Waals surface area contributed by atoms with Gasteiger partial charge in [-0.3, -0.25) is 9.48 Å². The van der Waals surface area contributed by atoms with Crippen molar-refractivity contribution in [3.05, 3.63) is 18.0 Å². The maximum absolute atomic E-state index is 13.1. The van der Waals surface area contributed by atoms with Gasteiger partial charge >= 0.3 is 0 Å². The van der Waals surface area contributed by atoms with E-state index in [-0.39, 0.29) is 17.7 Å². The molecule has 1 aromatic rings. The summed E-state index contributed by atoms with van der Waals surface area (Å²) in [6, 6.07) is 0.976. The van der Waals surface area contributed by atoms with Crippen LogP contribution in [0.15, 0.2) is 12.4 Å². The van der Waals surface area contributed by atoms with Crippen molar-refractivity contribution in [1.29, 1.82) is 0 Å². The maximum atomic E-state index is 13.1. The van der Waals surface area contributed by atoms with Crippen LogP contribution in [0.5, 0.6) is 0 Å². The van der Waals surface area contributed by atoms with E-state index in [1.54, 1.807) is 0 Å². The summed E-state index contributed by atoms with van der Waals surface area (Å²) >= 11 is 0. The fraction of sp³-hybridized carbons (Fsp3) is 0.778. The van der Waals surface area contributed by atoms with Gasteiger partial charge in [-0.05, 0) is 32.3 Å². The first-order chi connectivity index (χ1) is 11.5. The Labute approximate surface area is 145 Å². The molecular weight excluding hydrogens is 302 g/mol. The second-order valence-electron chi connectivity index (χ2n) is 7.63. The number of hydrogen-bond donors (Lipinski definition) is 1. The number of aryl methyl sites for hydroxylation is 1. The van der Waals surface area contributed by atoms with E-state index in [2.05, 4.69) is 29.2 Å². The highest BCUT2D eigenvalue weighted by molar-refractivity contribution is 5.80. The van der Waals surface area contributed by atoms with E-state index in [0.29, 0.717) is 12.1 Å². The Balaban J connectivity index is 1.63. The number of carbonyl (C=O) groups is 1. The molecule has 0 aromatic carbocycles. The summed E-state index contributed by atoms with van der Waals surface area (Å²) in [5, 5.41) is 7.67. The fourth-order valence-corrected chi connectivity index (χ4v) is 4.15. The average Bonchev–Trinajstić information content (AvgIpc) is 3.22. The normalized spacial score (nSPS) is 26.2. The molecule has 1 aromatic heterocycles. The van der Waals surface area contributed by atoms with Crippen molar-refractivity contribution in [1.82, 2.24) is 24.9 Å². The molecule has 6 heteroatoms. The first-order valence-corrected chi connectivity index (χ1v) is 9.17. The molecule has 0 spiro atoms. The van der Waals surface area contributed by atoms with Gasteiger partial charge in [0.25, 0.3) is 0 Å². The van der Waals surface area contributed by atoms with Gasteiger partial charge in [0.1, 0.15) is 0 Å². The van der Waals surface area contributed by atoms with Crippen molar-refractivity contribution in [2.75, 3.05) is 33.2 Å². The minimum atomic E-state index is 0.0299. The summed E-state index contributed by atoms with van der Waals surface area (Å²) < 4.78 is 1.82. The van der Waals surface area contributed by atoms with Gasteiger partial charge in [-0.15, -0.1) is 0 Å². The summed E-state index contributed by atoms with van der Waals surface area (Å²) in [5.74, 6) is 0.559. The Bertz CT molecular complexity index is 562. The summed E-state index contributed by atoms with van der Waals surface area (Å²) in [6.07, 6.45) is 6.11. The zero-order valence-electron chi connectivity index (χ0n) is 15.4. The SMILES string of the molecule is CC(C)N1CCC(N(C)C(=O)[C@H]2CNC[C@@H]2c2cnn(C)c2)CC1. The molecule has 2 aliphatic heterocycles. The molecule has 0 aliphatic carbocycles. The third-order valence-corrected chi connectivity index (χ3v) is 5.81. The predicted octanol–water partition coefficient (Wildman–Crippen LogP) is 1.05. The van der Waals surface area contributed by atoms with Crippen LogP contribution < -0.4 is 5.32 Å². The number of rotatable bonds is 4. The molecule has 0 radical (unpaired) electrons. The van der Waals surface area contributed by atoms with E-state index >= 15 is 0 Å². The van der Waals surface area contributed by atoms with Gasteiger partial charge in [-0.25, -0.2) is 0 Å². The molecule has 2 aliphatic rings. The lowest BCUT2D eigenvalue weighted by Gasteiger charge is -2.39. The van der Waals surface area contributed by atoms with Crippen LogP contribution in [0.4, 0.5) is 0 Å². The lowest BCUT2D eigenvalue weighted by atomic mass is 9.89. The standard InChI is InChI=1S/C18H31N5O/c1-13(2)23-7-5-15(6-8-23)22(4)18(24)17-11-19-10-16(17)14-9-20-21(3)12-14/h9,12-13,15-17,19H,5-8,10-11H2,1-4H3/t16-,17+/m1/s1. The summed E-state index contributed by atoms with van der Waals surface area (Å²) in [4.78, 5) is 17.6. The number of amides is 1. The second kappa shape index (κ2) is 7.23. The topological polar surface area (TPSA) is 53.4 Å². The zero-order chi connectivity index (χ0) is 17.3. The van der Waals surface area contributed by atoms with Crippen molar-refractivity contribution in [2.45, 2.75) is 44.7 Å². The smallest absolute Gasteiger partial charge is 0.227 e. The van der Waals surface area contributed by atoms with Gasteiger partial charge in [0.15, 0.2) is 0 Å². The summed E-state index contributed by atoms with van der Waals surface area (Å²) in [5.41, 5.74) is 1.17. The van der Waals surface area contributed by atoms with Gasteiger partial charge in [-0.1, -0.05) is 0 Å². The number of nitrogens with one attached hydrogen (secondary N) is 1. The van der Waals surface area contributed by atoms with Crippen LogP contribution in [0.3, 0.4) is 0 Å². The average molecular weight is 333 g/mol. The highest BCUT2D eigenvalue weighted by atomic mass is 16.2. The van der Waals surface area contributed by atoms with E-state index < -0.39 is 0 Å².